The summed E-state index contributed by atoms with van der Waals surface area (Å²) in [6.45, 7) is 0. The molecule has 1 rings (SSSR count). The predicted molar refractivity (Wildman–Crippen MR) is 66.7 cm³/mol. The molecule has 0 saturated carbocycles. The number of benzene rings is 1. The van der Waals surface area contributed by atoms with E-state index in [0.717, 1.165) is 23.9 Å². The van der Waals surface area contributed by atoms with Crippen LogP contribution in [-0.4, -0.2) is 30.1 Å². The molecule has 0 fully saturated rings. The number of thioether (sulfide) groups is 1. The Balaban J connectivity index is 2.90. The number of hydrogen-bond acceptors (Lipinski definition) is 3. The number of carboxylic acid groups (broad SMARTS) is 1. The zero-order chi connectivity index (χ0) is 14.6. The lowest BCUT2D eigenvalue weighted by Crippen LogP contribution is -2.07. The molecule has 0 aliphatic heterocycles. The van der Waals surface area contributed by atoms with Gasteiger partial charge in [-0.3, -0.25) is 0 Å². The fourth-order valence-electron chi connectivity index (χ4n) is 1.20. The third-order valence-electron chi connectivity index (χ3n) is 2.00. The molecule has 0 aliphatic rings. The third-order valence-corrected chi connectivity index (χ3v) is 3.00. The molecule has 1 aromatic rings. The van der Waals surface area contributed by atoms with E-state index >= 15 is 0 Å². The van der Waals surface area contributed by atoms with Crippen molar-refractivity contribution in [3.8, 4) is 0 Å². The molecule has 0 saturated heterocycles. The molecule has 0 amide bonds. The van der Waals surface area contributed by atoms with E-state index in [1.165, 1.54) is 18.3 Å². The second kappa shape index (κ2) is 6.01. The molecule has 3 nitrogen and oxygen atoms in total. The van der Waals surface area contributed by atoms with Crippen LogP contribution in [0.1, 0.15) is 5.56 Å². The van der Waals surface area contributed by atoms with Crippen molar-refractivity contribution in [2.75, 3.05) is 14.1 Å². The van der Waals surface area contributed by atoms with Crippen LogP contribution in [0.3, 0.4) is 0 Å². The Hall–Kier alpha value is -1.63. The van der Waals surface area contributed by atoms with Gasteiger partial charge in [-0.1, -0.05) is 11.8 Å². The number of rotatable bonds is 4. The smallest absolute Gasteiger partial charge is 0.416 e. The highest BCUT2D eigenvalue weighted by atomic mass is 32.2. The van der Waals surface area contributed by atoms with Gasteiger partial charge in [-0.05, 0) is 24.3 Å². The molecule has 0 bridgehead atoms. The first-order chi connectivity index (χ1) is 8.70. The van der Waals surface area contributed by atoms with Gasteiger partial charge >= 0.3 is 12.1 Å². The zero-order valence-electron chi connectivity index (χ0n) is 10.2. The minimum Gasteiger partial charge on any atom is -0.477 e. The van der Waals surface area contributed by atoms with Crippen molar-refractivity contribution in [1.82, 2.24) is 4.90 Å². The van der Waals surface area contributed by atoms with Gasteiger partial charge in [-0.15, -0.1) is 0 Å². The van der Waals surface area contributed by atoms with Crippen molar-refractivity contribution < 1.29 is 23.1 Å². The highest BCUT2D eigenvalue weighted by Crippen LogP contribution is 2.32. The Morgan fingerprint density at radius 2 is 1.79 bits per heavy atom. The Labute approximate surface area is 112 Å². The topological polar surface area (TPSA) is 40.5 Å². The summed E-state index contributed by atoms with van der Waals surface area (Å²) in [5, 5.41) is 8.97. The minimum atomic E-state index is -4.39. The Morgan fingerprint density at radius 3 is 2.16 bits per heavy atom. The van der Waals surface area contributed by atoms with Gasteiger partial charge in [0, 0.05) is 25.2 Å². The number of halogens is 3. The van der Waals surface area contributed by atoms with Crippen molar-refractivity contribution in [2.24, 2.45) is 0 Å². The molecule has 1 aromatic carbocycles. The van der Waals surface area contributed by atoms with E-state index in [9.17, 15) is 18.0 Å². The van der Waals surface area contributed by atoms with E-state index in [-0.39, 0.29) is 4.91 Å². The molecule has 0 heterocycles. The summed E-state index contributed by atoms with van der Waals surface area (Å²) >= 11 is 0.897. The average Bonchev–Trinajstić information content (AvgIpc) is 2.27. The molecule has 0 unspecified atom stereocenters. The molecular formula is C12H12F3NO2S. The largest absolute Gasteiger partial charge is 0.477 e. The fourth-order valence-corrected chi connectivity index (χ4v) is 2.08. The van der Waals surface area contributed by atoms with Crippen LogP contribution < -0.4 is 0 Å². The number of carbonyl (C=O) groups is 1. The van der Waals surface area contributed by atoms with Gasteiger partial charge in [0.1, 0.15) is 4.91 Å². The van der Waals surface area contributed by atoms with E-state index in [1.807, 2.05) is 0 Å². The molecule has 1 N–H and O–H groups in total. The predicted octanol–water partition coefficient (Wildman–Crippen LogP) is 3.29. The lowest BCUT2D eigenvalue weighted by atomic mass is 10.2. The summed E-state index contributed by atoms with van der Waals surface area (Å²) in [7, 11) is 3.33. The van der Waals surface area contributed by atoms with Crippen LogP contribution in [0.2, 0.25) is 0 Å². The summed E-state index contributed by atoms with van der Waals surface area (Å²) in [6, 6.07) is 4.36. The number of aliphatic carboxylic acids is 1. The van der Waals surface area contributed by atoms with Crippen molar-refractivity contribution in [1.29, 1.82) is 0 Å². The van der Waals surface area contributed by atoms with E-state index in [1.54, 1.807) is 19.0 Å². The monoisotopic (exact) mass is 291 g/mol. The third kappa shape index (κ3) is 4.86. The van der Waals surface area contributed by atoms with Crippen LogP contribution in [0, 0.1) is 0 Å². The lowest BCUT2D eigenvalue weighted by Gasteiger charge is -2.09. The van der Waals surface area contributed by atoms with E-state index < -0.39 is 17.7 Å². The van der Waals surface area contributed by atoms with Gasteiger partial charge in [0.15, 0.2) is 0 Å². The van der Waals surface area contributed by atoms with Gasteiger partial charge in [0.2, 0.25) is 0 Å². The first kappa shape index (κ1) is 15.4. The molecule has 0 atom stereocenters. The van der Waals surface area contributed by atoms with Crippen LogP contribution in [0.25, 0.3) is 0 Å². The molecule has 0 aromatic heterocycles. The maximum atomic E-state index is 12.4. The zero-order valence-corrected chi connectivity index (χ0v) is 11.0. The normalized spacial score (nSPS) is 12.4. The Morgan fingerprint density at radius 1 is 1.26 bits per heavy atom. The SMILES string of the molecule is CN(C)/C=C(\Sc1ccc(C(F)(F)F)cc1)C(=O)O. The second-order valence-electron chi connectivity index (χ2n) is 3.89. The van der Waals surface area contributed by atoms with Crippen LogP contribution in [0.4, 0.5) is 13.2 Å². The maximum Gasteiger partial charge on any atom is 0.416 e. The van der Waals surface area contributed by atoms with E-state index in [4.69, 9.17) is 5.11 Å². The molecule has 19 heavy (non-hydrogen) atoms. The van der Waals surface area contributed by atoms with Crippen molar-refractivity contribution in [3.63, 3.8) is 0 Å². The lowest BCUT2D eigenvalue weighted by molar-refractivity contribution is -0.137. The fraction of sp³-hybridized carbons (Fsp3) is 0.250. The van der Waals surface area contributed by atoms with Gasteiger partial charge in [0.25, 0.3) is 0 Å². The molecule has 7 heteroatoms. The van der Waals surface area contributed by atoms with Crippen LogP contribution >= 0.6 is 11.8 Å². The summed E-state index contributed by atoms with van der Waals surface area (Å²) < 4.78 is 37.1. The van der Waals surface area contributed by atoms with Gasteiger partial charge in [0.05, 0.1) is 5.56 Å². The summed E-state index contributed by atoms with van der Waals surface area (Å²) in [6.07, 6.45) is -3.00. The molecular weight excluding hydrogens is 279 g/mol. The molecule has 0 spiro atoms. The van der Waals surface area contributed by atoms with Crippen molar-refractivity contribution in [3.05, 3.63) is 40.9 Å². The second-order valence-corrected chi connectivity index (χ2v) is 5.00. The quantitative estimate of drug-likeness (QED) is 0.682. The first-order valence-corrected chi connectivity index (χ1v) is 5.98. The van der Waals surface area contributed by atoms with Gasteiger partial charge in [-0.2, -0.15) is 13.2 Å². The van der Waals surface area contributed by atoms with Crippen LogP contribution in [0.5, 0.6) is 0 Å². The van der Waals surface area contributed by atoms with Crippen LogP contribution in [0.15, 0.2) is 40.3 Å². The van der Waals surface area contributed by atoms with Gasteiger partial charge in [-0.25, -0.2) is 4.79 Å². The first-order valence-electron chi connectivity index (χ1n) is 5.17. The maximum absolute atomic E-state index is 12.4. The summed E-state index contributed by atoms with van der Waals surface area (Å²) in [5.74, 6) is -1.13. The van der Waals surface area contributed by atoms with Crippen LogP contribution in [-0.2, 0) is 11.0 Å². The van der Waals surface area contributed by atoms with Gasteiger partial charge < -0.3 is 10.0 Å². The summed E-state index contributed by atoms with van der Waals surface area (Å²) in [4.78, 5) is 13.0. The Bertz CT molecular complexity index is 481. The summed E-state index contributed by atoms with van der Waals surface area (Å²) in [5.41, 5.74) is -0.759. The van der Waals surface area contributed by atoms with Crippen molar-refractivity contribution in [2.45, 2.75) is 11.1 Å². The highest BCUT2D eigenvalue weighted by Gasteiger charge is 2.30. The Kier molecular flexibility index (Phi) is 4.88. The van der Waals surface area contributed by atoms with E-state index in [0.29, 0.717) is 4.90 Å². The molecule has 0 aliphatic carbocycles. The number of hydrogen-bond donors (Lipinski definition) is 1. The van der Waals surface area contributed by atoms with E-state index in [2.05, 4.69) is 0 Å². The molecule has 104 valence electrons. The standard InChI is InChI=1S/C12H12F3NO2S/c1-16(2)7-10(11(17)18)19-9-5-3-8(4-6-9)12(13,14)15/h3-7H,1-2H3,(H,17,18)/b10-7-. The van der Waals surface area contributed by atoms with Crippen molar-refractivity contribution >= 4 is 17.7 Å². The molecule has 0 radical (unpaired) electrons. The average molecular weight is 291 g/mol. The number of carboxylic acids is 1. The number of nitrogens with zero attached hydrogens (tertiary/aromatic N) is 1. The minimum absolute atomic E-state index is 0.0322. The number of alkyl halides is 3. The highest BCUT2D eigenvalue weighted by molar-refractivity contribution is 8.04.